The SMILES string of the molecule is CCn1nc(C)c(C(C)(CNC(=O)c2cc(-c3ncc(F)cc3F)on2)c2cccc(C#N)n2)c1OC. The molecule has 0 aliphatic heterocycles. The second kappa shape index (κ2) is 10.1. The number of hydrogen-bond acceptors (Lipinski definition) is 8. The molecule has 4 heterocycles. The number of pyridine rings is 2. The van der Waals surface area contributed by atoms with Gasteiger partial charge in [-0.05, 0) is 32.9 Å². The third kappa shape index (κ3) is 4.75. The van der Waals surface area contributed by atoms with E-state index in [2.05, 4.69) is 25.5 Å². The van der Waals surface area contributed by atoms with Crippen molar-refractivity contribution in [2.24, 2.45) is 0 Å². The minimum atomic E-state index is -0.970. The Morgan fingerprint density at radius 3 is 2.78 bits per heavy atom. The molecule has 1 atom stereocenters. The maximum Gasteiger partial charge on any atom is 0.273 e. The number of hydrogen-bond donors (Lipinski definition) is 1. The van der Waals surface area contributed by atoms with Crippen molar-refractivity contribution in [3.63, 3.8) is 0 Å². The molecule has 10 nitrogen and oxygen atoms in total. The monoisotopic (exact) mass is 507 g/mol. The first-order valence-corrected chi connectivity index (χ1v) is 11.3. The van der Waals surface area contributed by atoms with Crippen LogP contribution in [0.5, 0.6) is 5.88 Å². The van der Waals surface area contributed by atoms with Crippen LogP contribution in [0.3, 0.4) is 0 Å². The first kappa shape index (κ1) is 25.4. The molecule has 0 aliphatic carbocycles. The minimum Gasteiger partial charge on any atom is -0.481 e. The summed E-state index contributed by atoms with van der Waals surface area (Å²) in [6.07, 6.45) is 0.834. The number of aromatic nitrogens is 5. The lowest BCUT2D eigenvalue weighted by Gasteiger charge is -2.30. The summed E-state index contributed by atoms with van der Waals surface area (Å²) in [6.45, 7) is 6.18. The third-order valence-electron chi connectivity index (χ3n) is 5.94. The Hall–Kier alpha value is -4.66. The van der Waals surface area contributed by atoms with E-state index in [4.69, 9.17) is 9.26 Å². The number of nitrogens with one attached hydrogen (secondary N) is 1. The molecule has 4 rings (SSSR count). The van der Waals surface area contributed by atoms with Crippen molar-refractivity contribution in [2.75, 3.05) is 13.7 Å². The molecule has 0 saturated carbocycles. The van der Waals surface area contributed by atoms with E-state index >= 15 is 0 Å². The number of amides is 1. The van der Waals surface area contributed by atoms with Crippen LogP contribution in [-0.4, -0.2) is 44.5 Å². The van der Waals surface area contributed by atoms with Crippen LogP contribution in [0.2, 0.25) is 0 Å². The van der Waals surface area contributed by atoms with Gasteiger partial charge in [0.1, 0.15) is 23.3 Å². The van der Waals surface area contributed by atoms with Crippen LogP contribution in [0.25, 0.3) is 11.5 Å². The Morgan fingerprint density at radius 1 is 1.32 bits per heavy atom. The van der Waals surface area contributed by atoms with Crippen molar-refractivity contribution in [1.29, 1.82) is 5.26 Å². The Balaban J connectivity index is 1.69. The summed E-state index contributed by atoms with van der Waals surface area (Å²) in [5, 5.41) is 20.5. The van der Waals surface area contributed by atoms with Crippen LogP contribution in [0, 0.1) is 29.9 Å². The van der Waals surface area contributed by atoms with Gasteiger partial charge in [0.25, 0.3) is 5.91 Å². The van der Waals surface area contributed by atoms with Gasteiger partial charge in [-0.2, -0.15) is 10.4 Å². The van der Waals surface area contributed by atoms with Crippen molar-refractivity contribution >= 4 is 5.91 Å². The van der Waals surface area contributed by atoms with E-state index in [0.717, 1.165) is 6.20 Å². The molecular formula is C25H23F2N7O3. The smallest absolute Gasteiger partial charge is 0.273 e. The van der Waals surface area contributed by atoms with Gasteiger partial charge in [-0.15, -0.1) is 0 Å². The van der Waals surface area contributed by atoms with E-state index in [1.165, 1.54) is 13.2 Å². The average Bonchev–Trinajstić information content (AvgIpc) is 3.51. The molecule has 37 heavy (non-hydrogen) atoms. The van der Waals surface area contributed by atoms with Crippen LogP contribution in [0.15, 0.2) is 41.1 Å². The molecule has 0 saturated heterocycles. The summed E-state index contributed by atoms with van der Waals surface area (Å²) in [5.74, 6) is -2.03. The van der Waals surface area contributed by atoms with Crippen molar-refractivity contribution in [2.45, 2.75) is 32.7 Å². The number of carbonyl (C=O) groups excluding carboxylic acids is 1. The number of nitriles is 1. The Bertz CT molecular complexity index is 1510. The number of halogens is 2. The lowest BCUT2D eigenvalue weighted by molar-refractivity contribution is 0.0937. The van der Waals surface area contributed by atoms with Crippen molar-refractivity contribution < 1.29 is 22.8 Å². The molecule has 0 bridgehead atoms. The minimum absolute atomic E-state index is 0.0195. The van der Waals surface area contributed by atoms with Gasteiger partial charge < -0.3 is 14.6 Å². The number of aryl methyl sites for hydroxylation is 2. The van der Waals surface area contributed by atoms with E-state index in [-0.39, 0.29) is 29.4 Å². The molecule has 1 amide bonds. The zero-order chi connectivity index (χ0) is 26.7. The van der Waals surface area contributed by atoms with E-state index in [1.54, 1.807) is 22.9 Å². The zero-order valence-corrected chi connectivity index (χ0v) is 20.5. The molecule has 4 aromatic rings. The molecule has 190 valence electrons. The lowest BCUT2D eigenvalue weighted by atomic mass is 9.78. The summed E-state index contributed by atoms with van der Waals surface area (Å²) in [5.41, 5.74) is 0.714. The predicted molar refractivity (Wildman–Crippen MR) is 127 cm³/mol. The summed E-state index contributed by atoms with van der Waals surface area (Å²) in [4.78, 5) is 21.2. The largest absolute Gasteiger partial charge is 0.481 e. The second-order valence-electron chi connectivity index (χ2n) is 8.38. The fourth-order valence-electron chi connectivity index (χ4n) is 4.17. The van der Waals surface area contributed by atoms with Crippen LogP contribution >= 0.6 is 0 Å². The molecule has 12 heteroatoms. The highest BCUT2D eigenvalue weighted by Crippen LogP contribution is 2.39. The Labute approximate surface area is 210 Å². The van der Waals surface area contributed by atoms with Crippen molar-refractivity contribution in [3.8, 4) is 23.4 Å². The van der Waals surface area contributed by atoms with Crippen molar-refractivity contribution in [3.05, 3.63) is 76.5 Å². The lowest BCUT2D eigenvalue weighted by Crippen LogP contribution is -2.41. The highest BCUT2D eigenvalue weighted by molar-refractivity contribution is 5.93. The van der Waals surface area contributed by atoms with Crippen LogP contribution in [0.1, 0.15) is 47.0 Å². The molecular weight excluding hydrogens is 484 g/mol. The number of carbonyl (C=O) groups is 1. The van der Waals surface area contributed by atoms with Gasteiger partial charge >= 0.3 is 0 Å². The maximum atomic E-state index is 14.1. The van der Waals surface area contributed by atoms with Gasteiger partial charge in [0.15, 0.2) is 17.3 Å². The van der Waals surface area contributed by atoms with Crippen molar-refractivity contribution in [1.82, 2.24) is 30.2 Å². The first-order valence-electron chi connectivity index (χ1n) is 11.3. The molecule has 0 fully saturated rings. The van der Waals surface area contributed by atoms with Gasteiger partial charge in [0.2, 0.25) is 5.88 Å². The van der Waals surface area contributed by atoms with E-state index in [9.17, 15) is 18.8 Å². The molecule has 1 unspecified atom stereocenters. The van der Waals surface area contributed by atoms with E-state index < -0.39 is 23.0 Å². The fourth-order valence-corrected chi connectivity index (χ4v) is 4.17. The Morgan fingerprint density at radius 2 is 2.11 bits per heavy atom. The third-order valence-corrected chi connectivity index (χ3v) is 5.94. The Kier molecular flexibility index (Phi) is 6.97. The number of methoxy groups -OCH3 is 1. The summed E-state index contributed by atoms with van der Waals surface area (Å²) in [6, 6.07) is 8.96. The summed E-state index contributed by atoms with van der Waals surface area (Å²) < 4.78 is 39.7. The highest BCUT2D eigenvalue weighted by Gasteiger charge is 2.38. The maximum absolute atomic E-state index is 14.1. The molecule has 0 radical (unpaired) electrons. The van der Waals surface area contributed by atoms with Gasteiger partial charge in [0, 0.05) is 25.2 Å². The molecule has 0 aromatic carbocycles. The second-order valence-corrected chi connectivity index (χ2v) is 8.38. The van der Waals surface area contributed by atoms with Gasteiger partial charge in [-0.1, -0.05) is 11.2 Å². The number of nitrogens with zero attached hydrogens (tertiary/aromatic N) is 6. The summed E-state index contributed by atoms with van der Waals surface area (Å²) >= 11 is 0. The first-order chi connectivity index (χ1) is 17.7. The van der Waals surface area contributed by atoms with E-state index in [1.807, 2.05) is 26.8 Å². The van der Waals surface area contributed by atoms with Crippen LogP contribution in [0.4, 0.5) is 8.78 Å². The quantitative estimate of drug-likeness (QED) is 0.383. The van der Waals surface area contributed by atoms with Crippen LogP contribution in [-0.2, 0) is 12.0 Å². The number of rotatable bonds is 8. The fraction of sp³-hybridized carbons (Fsp3) is 0.280. The van der Waals surface area contributed by atoms with Gasteiger partial charge in [0.05, 0.1) is 35.7 Å². The standard InChI is InChI=1S/C25H23F2N7O3/c1-5-34-24(36-4)21(14(2)32-34)25(3,20-8-6-7-16(11-28)31-20)13-30-23(35)18-10-19(37-33-18)22-17(27)9-15(26)12-29-22/h6-10,12H,5,13H2,1-4H3,(H,30,35). The zero-order valence-electron chi connectivity index (χ0n) is 20.5. The van der Waals surface area contributed by atoms with E-state index in [0.29, 0.717) is 35.4 Å². The van der Waals surface area contributed by atoms with Gasteiger partial charge in [-0.25, -0.2) is 23.4 Å². The number of ether oxygens (including phenoxy) is 1. The molecule has 1 N–H and O–H groups in total. The summed E-state index contributed by atoms with van der Waals surface area (Å²) in [7, 11) is 1.53. The molecule has 0 aliphatic rings. The van der Waals surface area contributed by atoms with Crippen LogP contribution < -0.4 is 10.1 Å². The molecule has 0 spiro atoms. The average molecular weight is 508 g/mol. The normalized spacial score (nSPS) is 12.6. The topological polar surface area (TPSA) is 132 Å². The van der Waals surface area contributed by atoms with Gasteiger partial charge in [-0.3, -0.25) is 4.79 Å². The predicted octanol–water partition coefficient (Wildman–Crippen LogP) is 3.55. The molecule has 4 aromatic heterocycles. The highest BCUT2D eigenvalue weighted by atomic mass is 19.1.